The van der Waals surface area contributed by atoms with E-state index in [2.05, 4.69) is 29.5 Å². The van der Waals surface area contributed by atoms with Gasteiger partial charge in [-0.25, -0.2) is 9.83 Å². The number of hydrogen-bond acceptors (Lipinski definition) is 3. The second-order valence-electron chi connectivity index (χ2n) is 3.20. The van der Waals surface area contributed by atoms with Gasteiger partial charge in [-0.2, -0.15) is 0 Å². The lowest BCUT2D eigenvalue weighted by Gasteiger charge is -2.06. The van der Waals surface area contributed by atoms with Crippen molar-refractivity contribution in [3.05, 3.63) is 35.4 Å². The van der Waals surface area contributed by atoms with Crippen molar-refractivity contribution < 1.29 is 4.84 Å². The zero-order valence-corrected chi connectivity index (χ0v) is 7.74. The lowest BCUT2D eigenvalue weighted by atomic mass is 10.1. The Morgan fingerprint density at radius 2 is 2.23 bits per heavy atom. The maximum Gasteiger partial charge on any atom is 0.202 e. The third-order valence-electron chi connectivity index (χ3n) is 1.96. The van der Waals surface area contributed by atoms with Crippen LogP contribution < -0.4 is 5.48 Å². The lowest BCUT2D eigenvalue weighted by molar-refractivity contribution is 0.0374. The number of aliphatic imine (C=N–C) groups is 1. The fourth-order valence-corrected chi connectivity index (χ4v) is 1.34. The van der Waals surface area contributed by atoms with Gasteiger partial charge in [-0.15, -0.1) is 0 Å². The predicted molar refractivity (Wildman–Crippen MR) is 51.2 cm³/mol. The Hall–Kier alpha value is -1.35. The Balaban J connectivity index is 2.26. The molecule has 0 saturated carbocycles. The van der Waals surface area contributed by atoms with E-state index in [1.54, 1.807) is 0 Å². The largest absolute Gasteiger partial charge is 0.251 e. The predicted octanol–water partition coefficient (Wildman–Crippen LogP) is 1.95. The molecule has 0 amide bonds. The van der Waals surface area contributed by atoms with Gasteiger partial charge in [0, 0.05) is 5.56 Å². The third-order valence-corrected chi connectivity index (χ3v) is 1.96. The molecule has 0 spiro atoms. The van der Waals surface area contributed by atoms with Crippen molar-refractivity contribution >= 4 is 5.84 Å². The molecule has 1 unspecified atom stereocenters. The van der Waals surface area contributed by atoms with Crippen molar-refractivity contribution in [1.29, 1.82) is 0 Å². The second kappa shape index (κ2) is 3.18. The summed E-state index contributed by atoms with van der Waals surface area (Å²) in [4.78, 5) is 9.54. The van der Waals surface area contributed by atoms with Crippen molar-refractivity contribution in [2.24, 2.45) is 4.99 Å². The zero-order chi connectivity index (χ0) is 9.26. The molecule has 1 aromatic rings. The number of nitrogens with one attached hydrogen (secondary N) is 1. The molecule has 1 heterocycles. The van der Waals surface area contributed by atoms with Crippen molar-refractivity contribution in [2.45, 2.75) is 20.1 Å². The van der Waals surface area contributed by atoms with Gasteiger partial charge in [-0.05, 0) is 13.8 Å². The first-order valence-corrected chi connectivity index (χ1v) is 4.28. The highest BCUT2D eigenvalue weighted by Gasteiger charge is 2.16. The van der Waals surface area contributed by atoms with Crippen LogP contribution in [0.2, 0.25) is 0 Å². The van der Waals surface area contributed by atoms with Gasteiger partial charge in [-0.3, -0.25) is 5.48 Å². The van der Waals surface area contributed by atoms with E-state index in [0.717, 1.165) is 11.4 Å². The normalized spacial score (nSPS) is 21.1. The minimum absolute atomic E-state index is 0.181. The summed E-state index contributed by atoms with van der Waals surface area (Å²) in [7, 11) is 0. The second-order valence-corrected chi connectivity index (χ2v) is 3.20. The highest BCUT2D eigenvalue weighted by Crippen LogP contribution is 2.21. The molecule has 1 aliphatic heterocycles. The number of benzene rings is 1. The fraction of sp³-hybridized carbons (Fsp3) is 0.300. The van der Waals surface area contributed by atoms with Crippen LogP contribution in [0.15, 0.2) is 29.3 Å². The molecule has 1 atom stereocenters. The van der Waals surface area contributed by atoms with Gasteiger partial charge in [-0.1, -0.05) is 29.8 Å². The van der Waals surface area contributed by atoms with E-state index in [4.69, 9.17) is 4.84 Å². The van der Waals surface area contributed by atoms with Crippen LogP contribution in [0.4, 0.5) is 0 Å². The van der Waals surface area contributed by atoms with Crippen LogP contribution in [0.3, 0.4) is 0 Å². The standard InChI is InChI=1S/C10H12N2O/c1-7-4-3-5-9(6-7)10-11-8(2)12-13-10/h3-6,10H,1-2H3,(H,11,12). The average Bonchev–Trinajstić information content (AvgIpc) is 2.52. The minimum Gasteiger partial charge on any atom is -0.251 e. The molecule has 0 saturated heterocycles. The minimum atomic E-state index is -0.181. The Kier molecular flexibility index (Phi) is 2.02. The fourth-order valence-electron chi connectivity index (χ4n) is 1.34. The number of hydrogen-bond donors (Lipinski definition) is 1. The van der Waals surface area contributed by atoms with Crippen LogP contribution in [0.1, 0.15) is 24.3 Å². The highest BCUT2D eigenvalue weighted by molar-refractivity contribution is 5.79. The third kappa shape index (κ3) is 1.70. The summed E-state index contributed by atoms with van der Waals surface area (Å²) >= 11 is 0. The molecule has 0 aliphatic carbocycles. The summed E-state index contributed by atoms with van der Waals surface area (Å²) < 4.78 is 0. The van der Waals surface area contributed by atoms with Gasteiger partial charge in [0.1, 0.15) is 5.84 Å². The Bertz CT molecular complexity index is 347. The van der Waals surface area contributed by atoms with Gasteiger partial charge in [0.25, 0.3) is 0 Å². The summed E-state index contributed by atoms with van der Waals surface area (Å²) in [5.74, 6) is 0.825. The number of hydroxylamine groups is 1. The lowest BCUT2D eigenvalue weighted by Crippen LogP contribution is -2.12. The van der Waals surface area contributed by atoms with Gasteiger partial charge < -0.3 is 0 Å². The van der Waals surface area contributed by atoms with E-state index < -0.39 is 0 Å². The average molecular weight is 176 g/mol. The molecule has 0 radical (unpaired) electrons. The molecular weight excluding hydrogens is 164 g/mol. The topological polar surface area (TPSA) is 33.6 Å². The first kappa shape index (κ1) is 8.26. The SMILES string of the molecule is CC1=NC(c2cccc(C)c2)ON1. The van der Waals surface area contributed by atoms with Crippen molar-refractivity contribution in [3.63, 3.8) is 0 Å². The molecule has 0 fully saturated rings. The molecular formula is C10H12N2O. The Morgan fingerprint density at radius 3 is 2.85 bits per heavy atom. The molecule has 1 aliphatic rings. The van der Waals surface area contributed by atoms with Crippen LogP contribution >= 0.6 is 0 Å². The maximum atomic E-state index is 5.25. The van der Waals surface area contributed by atoms with E-state index in [1.807, 2.05) is 19.1 Å². The number of aryl methyl sites for hydroxylation is 1. The summed E-state index contributed by atoms with van der Waals surface area (Å²) in [6.07, 6.45) is -0.181. The number of nitrogens with zero attached hydrogens (tertiary/aromatic N) is 1. The summed E-state index contributed by atoms with van der Waals surface area (Å²) in [6.45, 7) is 3.94. The Labute approximate surface area is 77.4 Å². The molecule has 2 rings (SSSR count). The van der Waals surface area contributed by atoms with Gasteiger partial charge in [0.2, 0.25) is 6.23 Å². The van der Waals surface area contributed by atoms with E-state index >= 15 is 0 Å². The molecule has 3 nitrogen and oxygen atoms in total. The quantitative estimate of drug-likeness (QED) is 0.709. The summed E-state index contributed by atoms with van der Waals surface area (Å²) in [6, 6.07) is 8.16. The van der Waals surface area contributed by atoms with E-state index in [0.29, 0.717) is 0 Å². The molecule has 3 heteroatoms. The molecule has 0 bridgehead atoms. The van der Waals surface area contributed by atoms with Crippen LogP contribution in [0, 0.1) is 6.92 Å². The van der Waals surface area contributed by atoms with Crippen LogP contribution in [0.25, 0.3) is 0 Å². The van der Waals surface area contributed by atoms with Crippen LogP contribution in [-0.4, -0.2) is 5.84 Å². The number of rotatable bonds is 1. The summed E-state index contributed by atoms with van der Waals surface area (Å²) in [5, 5.41) is 0. The molecule has 1 aromatic carbocycles. The maximum absolute atomic E-state index is 5.25. The summed E-state index contributed by atoms with van der Waals surface area (Å²) in [5.41, 5.74) is 5.05. The van der Waals surface area contributed by atoms with Gasteiger partial charge >= 0.3 is 0 Å². The molecule has 0 aromatic heterocycles. The van der Waals surface area contributed by atoms with Crippen LogP contribution in [-0.2, 0) is 4.84 Å². The van der Waals surface area contributed by atoms with E-state index in [1.165, 1.54) is 5.56 Å². The highest BCUT2D eigenvalue weighted by atomic mass is 16.7. The van der Waals surface area contributed by atoms with Gasteiger partial charge in [0.15, 0.2) is 0 Å². The first-order chi connectivity index (χ1) is 6.25. The van der Waals surface area contributed by atoms with Crippen molar-refractivity contribution in [1.82, 2.24) is 5.48 Å². The van der Waals surface area contributed by atoms with E-state index in [-0.39, 0.29) is 6.23 Å². The molecule has 13 heavy (non-hydrogen) atoms. The van der Waals surface area contributed by atoms with Gasteiger partial charge in [0.05, 0.1) is 0 Å². The zero-order valence-electron chi connectivity index (χ0n) is 7.74. The van der Waals surface area contributed by atoms with Crippen LogP contribution in [0.5, 0.6) is 0 Å². The first-order valence-electron chi connectivity index (χ1n) is 4.28. The molecule has 68 valence electrons. The van der Waals surface area contributed by atoms with E-state index in [9.17, 15) is 0 Å². The smallest absolute Gasteiger partial charge is 0.202 e. The molecule has 1 N–H and O–H groups in total. The number of amidine groups is 1. The van der Waals surface area contributed by atoms with Crippen molar-refractivity contribution in [2.75, 3.05) is 0 Å². The van der Waals surface area contributed by atoms with Crippen molar-refractivity contribution in [3.8, 4) is 0 Å². The monoisotopic (exact) mass is 176 g/mol. The Morgan fingerprint density at radius 1 is 1.38 bits per heavy atom.